The molecule has 0 bridgehead atoms. The molecule has 2 fully saturated rings. The van der Waals surface area contributed by atoms with Crippen LogP contribution in [-0.2, 0) is 19.1 Å². The van der Waals surface area contributed by atoms with Crippen molar-refractivity contribution in [3.8, 4) is 0 Å². The van der Waals surface area contributed by atoms with E-state index >= 15 is 0 Å². The molecule has 0 saturated heterocycles. The number of carbonyl (C=O) groups is 2. The number of rotatable bonds is 5. The highest BCUT2D eigenvalue weighted by atomic mass is 28.3. The fourth-order valence-electron chi connectivity index (χ4n) is 6.01. The molecule has 0 amide bonds. The lowest BCUT2D eigenvalue weighted by Crippen LogP contribution is -2.53. The van der Waals surface area contributed by atoms with Crippen molar-refractivity contribution in [2.45, 2.75) is 77.4 Å². The van der Waals surface area contributed by atoms with Crippen molar-refractivity contribution in [1.29, 1.82) is 0 Å². The van der Waals surface area contributed by atoms with Gasteiger partial charge in [0.15, 0.2) is 0 Å². The van der Waals surface area contributed by atoms with E-state index in [0.29, 0.717) is 5.92 Å². The van der Waals surface area contributed by atoms with Gasteiger partial charge in [-0.25, -0.2) is 0 Å². The van der Waals surface area contributed by atoms with Crippen LogP contribution in [0.3, 0.4) is 0 Å². The second kappa shape index (κ2) is 6.01. The van der Waals surface area contributed by atoms with Gasteiger partial charge in [-0.2, -0.15) is 0 Å². The lowest BCUT2D eigenvalue weighted by Gasteiger charge is -2.47. The second-order valence-corrected chi connectivity index (χ2v) is 13.8. The molecule has 0 heterocycles. The third-order valence-corrected chi connectivity index (χ3v) is 11.6. The van der Waals surface area contributed by atoms with Crippen LogP contribution in [0, 0.1) is 17.3 Å². The van der Waals surface area contributed by atoms with Crippen LogP contribution in [0.1, 0.15) is 41.0 Å². The van der Waals surface area contributed by atoms with Gasteiger partial charge in [0, 0.05) is 24.8 Å². The Morgan fingerprint density at radius 3 is 2.21 bits per heavy atom. The monoisotopic (exact) mass is 352 g/mol. The quantitative estimate of drug-likeness (QED) is 0.423. The number of allylic oxidation sites excluding steroid dienone is 1. The van der Waals surface area contributed by atoms with Gasteiger partial charge >= 0.3 is 11.9 Å². The highest BCUT2D eigenvalue weighted by Crippen LogP contribution is 2.85. The minimum atomic E-state index is -1.77. The van der Waals surface area contributed by atoms with Crippen molar-refractivity contribution in [2.75, 3.05) is 0 Å². The van der Waals surface area contributed by atoms with Gasteiger partial charge in [0.25, 0.3) is 0 Å². The molecule has 2 aliphatic carbocycles. The Labute approximate surface area is 147 Å². The van der Waals surface area contributed by atoms with E-state index in [-0.39, 0.29) is 40.5 Å². The first-order valence-corrected chi connectivity index (χ1v) is 12.1. The highest BCUT2D eigenvalue weighted by molar-refractivity contribution is 6.82. The summed E-state index contributed by atoms with van der Waals surface area (Å²) < 4.78 is 11.5. The number of hydrogen-bond donors (Lipinski definition) is 0. The lowest BCUT2D eigenvalue weighted by molar-refractivity contribution is -0.163. The fraction of sp³-hybridized carbons (Fsp3) is 0.789. The van der Waals surface area contributed by atoms with E-state index in [1.807, 2.05) is 6.08 Å². The average molecular weight is 353 g/mol. The van der Waals surface area contributed by atoms with Crippen LogP contribution in [0.2, 0.25) is 24.2 Å². The third-order valence-electron chi connectivity index (χ3n) is 6.77. The molecule has 0 aromatic rings. The molecular formula is C19H32O4Si. The van der Waals surface area contributed by atoms with Crippen LogP contribution in [0.4, 0.5) is 0 Å². The minimum Gasteiger partial charge on any atom is -0.462 e. The molecule has 0 aliphatic heterocycles. The smallest absolute Gasteiger partial charge is 0.302 e. The van der Waals surface area contributed by atoms with Gasteiger partial charge in [-0.3, -0.25) is 9.59 Å². The van der Waals surface area contributed by atoms with Crippen LogP contribution in [0.25, 0.3) is 0 Å². The van der Waals surface area contributed by atoms with Crippen LogP contribution >= 0.6 is 0 Å². The van der Waals surface area contributed by atoms with Crippen molar-refractivity contribution < 1.29 is 19.1 Å². The van der Waals surface area contributed by atoms with Crippen molar-refractivity contribution >= 4 is 20.0 Å². The van der Waals surface area contributed by atoms with E-state index in [9.17, 15) is 9.59 Å². The molecule has 2 saturated carbocycles. The zero-order valence-corrected chi connectivity index (χ0v) is 17.1. The Bertz CT molecular complexity index is 554. The average Bonchev–Trinajstić information content (AvgIpc) is 2.91. The molecule has 0 N–H and O–H groups in total. The molecule has 24 heavy (non-hydrogen) atoms. The largest absolute Gasteiger partial charge is 0.462 e. The third kappa shape index (κ3) is 2.56. The molecule has 4 nitrogen and oxygen atoms in total. The molecule has 0 radical (unpaired) electrons. The Morgan fingerprint density at radius 1 is 1.21 bits per heavy atom. The molecule has 5 atom stereocenters. The number of hydrogen-bond acceptors (Lipinski definition) is 4. The first-order valence-electron chi connectivity index (χ1n) is 8.88. The van der Waals surface area contributed by atoms with Crippen LogP contribution in [0.15, 0.2) is 12.7 Å². The molecule has 0 aromatic carbocycles. The molecule has 5 heteroatoms. The van der Waals surface area contributed by atoms with Gasteiger partial charge < -0.3 is 9.47 Å². The fourth-order valence-corrected chi connectivity index (χ4v) is 11.4. The van der Waals surface area contributed by atoms with E-state index in [1.165, 1.54) is 13.8 Å². The van der Waals surface area contributed by atoms with E-state index in [0.717, 1.165) is 12.5 Å². The summed E-state index contributed by atoms with van der Waals surface area (Å²) in [5.41, 5.74) is 0.0784. The number of fused-ring (bicyclic) bond motifs is 1. The van der Waals surface area contributed by atoms with Gasteiger partial charge in [-0.1, -0.05) is 39.9 Å². The first kappa shape index (κ1) is 19.2. The molecule has 136 valence electrons. The summed E-state index contributed by atoms with van der Waals surface area (Å²) in [7, 11) is -1.77. The van der Waals surface area contributed by atoms with Gasteiger partial charge in [0.05, 0.1) is 8.07 Å². The maximum Gasteiger partial charge on any atom is 0.302 e. The molecule has 0 spiro atoms. The topological polar surface area (TPSA) is 52.6 Å². The van der Waals surface area contributed by atoms with Gasteiger partial charge in [-0.15, -0.1) is 6.58 Å². The summed E-state index contributed by atoms with van der Waals surface area (Å²) in [6, 6.07) is 0.996. The summed E-state index contributed by atoms with van der Waals surface area (Å²) >= 11 is 0. The van der Waals surface area contributed by atoms with E-state index < -0.39 is 8.07 Å². The summed E-state index contributed by atoms with van der Waals surface area (Å²) in [6.45, 7) is 18.3. The van der Waals surface area contributed by atoms with Crippen molar-refractivity contribution in [3.05, 3.63) is 12.7 Å². The zero-order valence-electron chi connectivity index (χ0n) is 16.1. The SMILES string of the molecule is C=CC[Si](C)(C)[C@]12C(C[C@H](OC(C)=O)[C@H](C)[C@H]1OC(C)=O)C2(C)C. The summed E-state index contributed by atoms with van der Waals surface area (Å²) in [4.78, 5) is 23.4. The highest BCUT2D eigenvalue weighted by Gasteiger charge is 2.82. The number of carbonyl (C=O) groups excluding carboxylic acids is 2. The molecule has 2 rings (SSSR count). The summed E-state index contributed by atoms with van der Waals surface area (Å²) in [6.07, 6.45) is 2.49. The normalized spacial score (nSPS) is 37.1. The Hall–Kier alpha value is -1.10. The van der Waals surface area contributed by atoms with E-state index in [1.54, 1.807) is 0 Å². The predicted molar refractivity (Wildman–Crippen MR) is 97.3 cm³/mol. The maximum absolute atomic E-state index is 11.9. The predicted octanol–water partition coefficient (Wildman–Crippen LogP) is 4.18. The zero-order chi connectivity index (χ0) is 18.5. The van der Waals surface area contributed by atoms with Crippen molar-refractivity contribution in [1.82, 2.24) is 0 Å². The molecular weight excluding hydrogens is 320 g/mol. The molecule has 2 aliphatic rings. The van der Waals surface area contributed by atoms with Crippen molar-refractivity contribution in [3.63, 3.8) is 0 Å². The maximum atomic E-state index is 11.9. The van der Waals surface area contributed by atoms with Gasteiger partial charge in [0.1, 0.15) is 12.2 Å². The first-order chi connectivity index (χ1) is 10.9. The summed E-state index contributed by atoms with van der Waals surface area (Å²) in [5, 5.41) is 0.00985. The Balaban J connectivity index is 2.49. The number of esters is 2. The van der Waals surface area contributed by atoms with Gasteiger partial charge in [-0.05, 0) is 23.8 Å². The van der Waals surface area contributed by atoms with E-state index in [4.69, 9.17) is 9.47 Å². The van der Waals surface area contributed by atoms with Crippen molar-refractivity contribution in [2.24, 2.45) is 17.3 Å². The van der Waals surface area contributed by atoms with Gasteiger partial charge in [0.2, 0.25) is 0 Å². The van der Waals surface area contributed by atoms with Crippen LogP contribution < -0.4 is 0 Å². The van der Waals surface area contributed by atoms with Crippen LogP contribution in [-0.4, -0.2) is 32.2 Å². The number of ether oxygens (including phenoxy) is 2. The summed E-state index contributed by atoms with van der Waals surface area (Å²) in [5.74, 6) is -0.0922. The Morgan fingerprint density at radius 2 is 1.75 bits per heavy atom. The second-order valence-electron chi connectivity index (χ2n) is 8.79. The Kier molecular flexibility index (Phi) is 4.81. The minimum absolute atomic E-state index is 0.00687. The standard InChI is InChI=1S/C19H32O4Si/c1-9-10-24(7,8)19-16(18(19,5)6)11-15(22-13(3)20)12(2)17(19)23-14(4)21/h9,12,15-17H,1,10-11H2,2-8H3/t12-,15-,16?,17+,19+/m0/s1. The molecule has 0 aromatic heterocycles. The van der Waals surface area contributed by atoms with E-state index in [2.05, 4.69) is 40.4 Å². The lowest BCUT2D eigenvalue weighted by atomic mass is 9.84. The molecule has 1 unspecified atom stereocenters. The van der Waals surface area contributed by atoms with Crippen LogP contribution in [0.5, 0.6) is 0 Å².